The smallest absolute Gasteiger partial charge is 0.264 e. The van der Waals surface area contributed by atoms with Gasteiger partial charge in [-0.3, -0.25) is 9.78 Å². The molecular formula is C41H44ClN3O5S. The van der Waals surface area contributed by atoms with Gasteiger partial charge in [0.1, 0.15) is 11.4 Å². The van der Waals surface area contributed by atoms with Gasteiger partial charge >= 0.3 is 0 Å². The first-order valence-electron chi connectivity index (χ1n) is 18.2. The minimum absolute atomic E-state index is 0.120. The van der Waals surface area contributed by atoms with Gasteiger partial charge in [0.25, 0.3) is 5.91 Å². The number of fused-ring (bicyclic) bond motifs is 5. The lowest BCUT2D eigenvalue weighted by Crippen LogP contribution is -2.52. The lowest BCUT2D eigenvalue weighted by Gasteiger charge is -2.47. The number of nitrogens with zero attached hydrogens (tertiary/aromatic N) is 2. The van der Waals surface area contributed by atoms with Crippen LogP contribution in [0.3, 0.4) is 0 Å². The van der Waals surface area contributed by atoms with Crippen molar-refractivity contribution in [1.29, 1.82) is 0 Å². The summed E-state index contributed by atoms with van der Waals surface area (Å²) in [4.78, 5) is 20.3. The molecule has 10 heteroatoms. The molecule has 0 radical (unpaired) electrons. The highest BCUT2D eigenvalue weighted by Crippen LogP contribution is 2.53. The third-order valence-electron chi connectivity index (χ3n) is 12.2. The lowest BCUT2D eigenvalue weighted by molar-refractivity contribution is -0.00323. The number of aryl methyl sites for hydroxylation is 2. The zero-order chi connectivity index (χ0) is 35.4. The SMILES string of the molecule is C[C@@]12C[C@H]1C/C=C/[C@@](O)(C#CCCc1ccccn1)[C@@H]1CC[C@H]1CN1C[C@@]3(CCCc4cc(Cl)ccc43)COc3ccc(cc31)C(=O)NS2(=O)=O. The third-order valence-corrected chi connectivity index (χ3v) is 14.7. The van der Waals surface area contributed by atoms with Gasteiger partial charge in [-0.15, -0.1) is 0 Å². The molecule has 3 aromatic rings. The van der Waals surface area contributed by atoms with Crippen LogP contribution in [0.5, 0.6) is 5.75 Å². The van der Waals surface area contributed by atoms with E-state index >= 15 is 0 Å². The average molecular weight is 726 g/mol. The second kappa shape index (κ2) is 13.0. The Bertz CT molecular complexity index is 2060. The van der Waals surface area contributed by atoms with Gasteiger partial charge in [0.05, 0.1) is 17.0 Å². The molecule has 51 heavy (non-hydrogen) atoms. The molecule has 3 aliphatic carbocycles. The largest absolute Gasteiger partial charge is 0.490 e. The predicted molar refractivity (Wildman–Crippen MR) is 198 cm³/mol. The van der Waals surface area contributed by atoms with Gasteiger partial charge in [0, 0.05) is 59.7 Å². The summed E-state index contributed by atoms with van der Waals surface area (Å²) in [5.41, 5.74) is 2.76. The van der Waals surface area contributed by atoms with E-state index in [1.165, 1.54) is 11.1 Å². The van der Waals surface area contributed by atoms with Crippen LogP contribution in [0.25, 0.3) is 0 Å². The minimum atomic E-state index is -3.98. The molecule has 5 aliphatic rings. The molecule has 8 rings (SSSR count). The number of pyridine rings is 1. The highest BCUT2D eigenvalue weighted by Gasteiger charge is 2.60. The van der Waals surface area contributed by atoms with Crippen molar-refractivity contribution in [2.75, 3.05) is 24.6 Å². The van der Waals surface area contributed by atoms with Crippen LogP contribution in [0.2, 0.25) is 5.02 Å². The van der Waals surface area contributed by atoms with Crippen molar-refractivity contribution in [3.8, 4) is 17.6 Å². The zero-order valence-electron chi connectivity index (χ0n) is 28.9. The van der Waals surface area contributed by atoms with Crippen molar-refractivity contribution in [2.45, 2.75) is 80.5 Å². The van der Waals surface area contributed by atoms with Crippen molar-refractivity contribution in [3.05, 3.63) is 100 Å². The van der Waals surface area contributed by atoms with E-state index in [9.17, 15) is 18.3 Å². The van der Waals surface area contributed by atoms with Crippen molar-refractivity contribution in [2.24, 2.45) is 17.8 Å². The fourth-order valence-corrected chi connectivity index (χ4v) is 10.7. The van der Waals surface area contributed by atoms with Crippen LogP contribution in [0, 0.1) is 29.6 Å². The monoisotopic (exact) mass is 725 g/mol. The number of allylic oxidation sites excluding steroid dienone is 1. The number of amides is 1. The number of halogens is 1. The van der Waals surface area contributed by atoms with Crippen LogP contribution < -0.4 is 14.4 Å². The number of hydrogen-bond donors (Lipinski definition) is 2. The lowest BCUT2D eigenvalue weighted by atomic mass is 9.64. The molecule has 1 amide bonds. The van der Waals surface area contributed by atoms with Crippen LogP contribution in [0.1, 0.15) is 79.0 Å². The summed E-state index contributed by atoms with van der Waals surface area (Å²) in [6, 6.07) is 17.2. The Hall–Kier alpha value is -3.84. The van der Waals surface area contributed by atoms with Gasteiger partial charge in [-0.05, 0) is 123 Å². The van der Waals surface area contributed by atoms with Gasteiger partial charge in [0.2, 0.25) is 10.0 Å². The quantitative estimate of drug-likeness (QED) is 0.233. The molecule has 2 saturated carbocycles. The maximum Gasteiger partial charge on any atom is 0.264 e. The Morgan fingerprint density at radius 2 is 2.04 bits per heavy atom. The number of nitrogens with one attached hydrogen (secondary N) is 1. The van der Waals surface area contributed by atoms with E-state index in [1.54, 1.807) is 31.3 Å². The molecule has 1 aromatic heterocycles. The number of anilines is 1. The topological polar surface area (TPSA) is 109 Å². The van der Waals surface area contributed by atoms with Crippen LogP contribution in [-0.4, -0.2) is 54.5 Å². The van der Waals surface area contributed by atoms with Crippen LogP contribution in [0.4, 0.5) is 5.69 Å². The highest BCUT2D eigenvalue weighted by molar-refractivity contribution is 7.91. The first-order chi connectivity index (χ1) is 24.5. The molecule has 266 valence electrons. The Morgan fingerprint density at radius 1 is 1.16 bits per heavy atom. The number of ether oxygens (including phenoxy) is 1. The molecule has 2 aliphatic heterocycles. The van der Waals surface area contributed by atoms with Crippen molar-refractivity contribution < 1.29 is 23.1 Å². The third kappa shape index (κ3) is 6.34. The highest BCUT2D eigenvalue weighted by atomic mass is 35.5. The summed E-state index contributed by atoms with van der Waals surface area (Å²) in [7, 11) is -3.98. The summed E-state index contributed by atoms with van der Waals surface area (Å²) in [5, 5.41) is 13.1. The van der Waals surface area contributed by atoms with E-state index in [4.69, 9.17) is 16.3 Å². The standard InChI is InChI=1S/C41H44ClN3O5S/c1-39-24-31(39)9-7-20-41(47,19-4-2-10-33-11-3-5-21-43-33)35-15-12-30(35)25-45-26-40(18-6-8-28-22-32(42)14-16-34(28)40)27-50-37-17-13-29(23-36(37)45)38(46)44-51(39,48)49/h3,5,7,11,13-14,16-17,20-23,30-31,35,47H,2,6,8-10,12,15,18,24-27H2,1H3,(H,44,46)/b20-7+/t30-,31+,35+,39+,40-,41-/m0/s1. The van der Waals surface area contributed by atoms with Crippen LogP contribution >= 0.6 is 11.6 Å². The Morgan fingerprint density at radius 3 is 2.84 bits per heavy atom. The average Bonchev–Trinajstić information content (AvgIpc) is 3.81. The van der Waals surface area contributed by atoms with Crippen LogP contribution in [0.15, 0.2) is 72.9 Å². The fourth-order valence-electron chi connectivity index (χ4n) is 8.91. The number of rotatable bonds is 2. The molecule has 8 nitrogen and oxygen atoms in total. The number of aromatic nitrogens is 1. The van der Waals surface area contributed by atoms with Gasteiger partial charge in [0.15, 0.2) is 0 Å². The maximum absolute atomic E-state index is 13.6. The van der Waals surface area contributed by atoms with Crippen molar-refractivity contribution in [3.63, 3.8) is 0 Å². The molecule has 0 unspecified atom stereocenters. The minimum Gasteiger partial charge on any atom is -0.490 e. The molecule has 6 atom stereocenters. The second-order valence-corrected chi connectivity index (χ2v) is 18.0. The van der Waals surface area contributed by atoms with E-state index in [-0.39, 0.29) is 28.7 Å². The predicted octanol–water partition coefficient (Wildman–Crippen LogP) is 6.40. The van der Waals surface area contributed by atoms with Gasteiger partial charge < -0.3 is 14.7 Å². The Labute approximate surface area is 305 Å². The van der Waals surface area contributed by atoms with Gasteiger partial charge in [-0.1, -0.05) is 41.7 Å². The number of aliphatic hydroxyl groups is 1. The van der Waals surface area contributed by atoms with Crippen LogP contribution in [-0.2, 0) is 28.3 Å². The maximum atomic E-state index is 13.6. The second-order valence-electron chi connectivity index (χ2n) is 15.5. The zero-order valence-corrected chi connectivity index (χ0v) is 30.5. The first kappa shape index (κ1) is 34.3. The number of carbonyl (C=O) groups excluding carboxylic acids is 1. The first-order valence-corrected chi connectivity index (χ1v) is 20.0. The summed E-state index contributed by atoms with van der Waals surface area (Å²) < 4.78 is 35.1. The number of sulfonamides is 1. The molecule has 0 saturated heterocycles. The summed E-state index contributed by atoms with van der Waals surface area (Å²) in [6.07, 6.45) is 12.3. The Balaban J connectivity index is 1.18. The van der Waals surface area contributed by atoms with E-state index in [1.807, 2.05) is 36.4 Å². The van der Waals surface area contributed by atoms with E-state index in [2.05, 4.69) is 38.6 Å². The normalized spacial score (nSPS) is 32.6. The molecule has 1 spiro atoms. The summed E-state index contributed by atoms with van der Waals surface area (Å²) >= 11 is 6.46. The van der Waals surface area contributed by atoms with Gasteiger partial charge in [-0.2, -0.15) is 0 Å². The fraction of sp³-hybridized carbons (Fsp3) is 0.463. The summed E-state index contributed by atoms with van der Waals surface area (Å²) in [5.74, 6) is 6.39. The molecule has 2 N–H and O–H groups in total. The van der Waals surface area contributed by atoms with Crippen molar-refractivity contribution >= 4 is 33.2 Å². The molecule has 2 aromatic carbocycles. The molecule has 3 heterocycles. The number of carbonyl (C=O) groups is 1. The number of benzene rings is 2. The molecule has 2 fully saturated rings. The van der Waals surface area contributed by atoms with Gasteiger partial charge in [-0.25, -0.2) is 13.1 Å². The Kier molecular flexibility index (Phi) is 8.72. The van der Waals surface area contributed by atoms with Crippen molar-refractivity contribution in [1.82, 2.24) is 9.71 Å². The molecular weight excluding hydrogens is 682 g/mol. The molecule has 2 bridgehead atoms. The van der Waals surface area contributed by atoms with E-state index in [0.717, 1.165) is 48.5 Å². The summed E-state index contributed by atoms with van der Waals surface area (Å²) in [6.45, 7) is 3.43. The van der Waals surface area contributed by atoms with E-state index in [0.29, 0.717) is 51.1 Å². The number of hydrogen-bond acceptors (Lipinski definition) is 7. The van der Waals surface area contributed by atoms with E-state index < -0.39 is 26.3 Å².